The molecule has 0 spiro atoms. The Hall–Kier alpha value is -1.10. The summed E-state index contributed by atoms with van der Waals surface area (Å²) < 4.78 is 5.22. The third-order valence-corrected chi connectivity index (χ3v) is 5.36. The predicted molar refractivity (Wildman–Crippen MR) is 84.5 cm³/mol. The van der Waals surface area contributed by atoms with Gasteiger partial charge in [-0.25, -0.2) is 4.68 Å². The summed E-state index contributed by atoms with van der Waals surface area (Å²) in [4.78, 5) is 3.36. The van der Waals surface area contributed by atoms with E-state index in [9.17, 15) is 0 Å². The van der Waals surface area contributed by atoms with Crippen LogP contribution < -0.4 is 0 Å². The molecule has 4 nitrogen and oxygen atoms in total. The van der Waals surface area contributed by atoms with Gasteiger partial charge in [-0.15, -0.1) is 0 Å². The quantitative estimate of drug-likeness (QED) is 0.858. The van der Waals surface area contributed by atoms with Crippen LogP contribution >= 0.6 is 12.2 Å². The van der Waals surface area contributed by atoms with Crippen molar-refractivity contribution in [1.29, 1.82) is 0 Å². The highest BCUT2D eigenvalue weighted by molar-refractivity contribution is 7.71. The van der Waals surface area contributed by atoms with Crippen molar-refractivity contribution in [3.63, 3.8) is 0 Å². The molecule has 0 aliphatic heterocycles. The summed E-state index contributed by atoms with van der Waals surface area (Å²) in [5.74, 6) is 0. The molecule has 0 unspecified atom stereocenters. The maximum absolute atomic E-state index is 5.57. The molecule has 110 valence electrons. The number of nitrogens with zero attached hydrogens (tertiary/aromatic N) is 3. The van der Waals surface area contributed by atoms with E-state index in [4.69, 9.17) is 12.2 Å². The van der Waals surface area contributed by atoms with E-state index in [1.165, 1.54) is 37.8 Å². The molecule has 0 atom stereocenters. The summed E-state index contributed by atoms with van der Waals surface area (Å²) in [6.45, 7) is 8.43. The summed E-state index contributed by atoms with van der Waals surface area (Å²) in [7, 11) is 0. The van der Waals surface area contributed by atoms with Crippen LogP contribution in [0.15, 0.2) is 0 Å². The molecule has 0 amide bonds. The molecule has 3 rings (SSSR count). The summed E-state index contributed by atoms with van der Waals surface area (Å²) in [6, 6.07) is 0. The molecule has 0 aromatic carbocycles. The lowest BCUT2D eigenvalue weighted by Gasteiger charge is -2.28. The maximum Gasteiger partial charge on any atom is 0.179 e. The Balaban J connectivity index is 2.11. The molecule has 2 heterocycles. The second-order valence-corrected chi connectivity index (χ2v) is 6.56. The molecular weight excluding hydrogens is 268 g/mol. The zero-order valence-corrected chi connectivity index (χ0v) is 13.5. The Morgan fingerprint density at radius 1 is 1.30 bits per heavy atom. The largest absolute Gasteiger partial charge is 0.328 e. The van der Waals surface area contributed by atoms with E-state index in [0.29, 0.717) is 5.41 Å². The number of aryl methyl sites for hydroxylation is 2. The van der Waals surface area contributed by atoms with E-state index >= 15 is 0 Å². The van der Waals surface area contributed by atoms with Crippen molar-refractivity contribution in [2.75, 3.05) is 0 Å². The predicted octanol–water partition coefficient (Wildman–Crippen LogP) is 4.19. The summed E-state index contributed by atoms with van der Waals surface area (Å²) in [5, 5.41) is 4.61. The summed E-state index contributed by atoms with van der Waals surface area (Å²) in [5.41, 5.74) is 3.77. The zero-order chi connectivity index (χ0) is 14.3. The fourth-order valence-electron chi connectivity index (χ4n) is 3.71. The van der Waals surface area contributed by atoms with E-state index in [1.54, 1.807) is 0 Å². The molecule has 0 bridgehead atoms. The SMILES string of the molecule is CCn1nc(C)c2[nH]c(=S)n(CC3(CC)CCCC3)c21. The van der Waals surface area contributed by atoms with Gasteiger partial charge in [-0.05, 0) is 50.7 Å². The Labute approximate surface area is 125 Å². The fourth-order valence-corrected chi connectivity index (χ4v) is 3.96. The van der Waals surface area contributed by atoms with Crippen molar-refractivity contribution in [2.24, 2.45) is 5.41 Å². The molecule has 5 heteroatoms. The Morgan fingerprint density at radius 2 is 2.00 bits per heavy atom. The lowest BCUT2D eigenvalue weighted by atomic mass is 9.83. The van der Waals surface area contributed by atoms with Crippen LogP contribution in [0.5, 0.6) is 0 Å². The van der Waals surface area contributed by atoms with Crippen molar-refractivity contribution in [3.05, 3.63) is 10.5 Å². The Morgan fingerprint density at radius 3 is 2.60 bits per heavy atom. The van der Waals surface area contributed by atoms with Crippen LogP contribution in [0.3, 0.4) is 0 Å². The Kier molecular flexibility index (Phi) is 3.48. The van der Waals surface area contributed by atoms with Crippen LogP contribution in [0.1, 0.15) is 51.6 Å². The van der Waals surface area contributed by atoms with Crippen LogP contribution in [0.2, 0.25) is 0 Å². The zero-order valence-electron chi connectivity index (χ0n) is 12.7. The van der Waals surface area contributed by atoms with Crippen LogP contribution in [0.4, 0.5) is 0 Å². The molecule has 0 saturated heterocycles. The van der Waals surface area contributed by atoms with Crippen LogP contribution in [-0.4, -0.2) is 19.3 Å². The van der Waals surface area contributed by atoms with Gasteiger partial charge in [0.2, 0.25) is 0 Å². The topological polar surface area (TPSA) is 38.5 Å². The van der Waals surface area contributed by atoms with Gasteiger partial charge in [0.15, 0.2) is 10.4 Å². The number of nitrogens with one attached hydrogen (secondary N) is 1. The van der Waals surface area contributed by atoms with Gasteiger partial charge in [0.05, 0.1) is 5.69 Å². The van der Waals surface area contributed by atoms with Gasteiger partial charge in [0.1, 0.15) is 5.52 Å². The number of aromatic nitrogens is 4. The smallest absolute Gasteiger partial charge is 0.179 e. The highest BCUT2D eigenvalue weighted by Gasteiger charge is 2.33. The maximum atomic E-state index is 5.57. The van der Waals surface area contributed by atoms with Gasteiger partial charge in [-0.3, -0.25) is 0 Å². The average Bonchev–Trinajstić information content (AvgIpc) is 3.10. The second kappa shape index (κ2) is 5.02. The number of hydrogen-bond acceptors (Lipinski definition) is 2. The summed E-state index contributed by atoms with van der Waals surface area (Å²) >= 11 is 5.57. The molecule has 0 radical (unpaired) electrons. The van der Waals surface area contributed by atoms with Crippen molar-refractivity contribution < 1.29 is 0 Å². The number of fused-ring (bicyclic) bond motifs is 1. The van der Waals surface area contributed by atoms with Gasteiger partial charge in [-0.2, -0.15) is 5.10 Å². The first-order valence-corrected chi connectivity index (χ1v) is 8.17. The summed E-state index contributed by atoms with van der Waals surface area (Å²) in [6.07, 6.45) is 6.62. The van der Waals surface area contributed by atoms with Gasteiger partial charge in [0, 0.05) is 13.1 Å². The van der Waals surface area contributed by atoms with Crippen LogP contribution in [0.25, 0.3) is 11.2 Å². The first kappa shape index (κ1) is 13.9. The standard InChI is InChI=1S/C15H24N4S/c1-4-15(8-6-7-9-15)10-18-13-12(16-14(18)20)11(3)17-19(13)5-2/h4-10H2,1-3H3,(H,16,20). The van der Waals surface area contributed by atoms with Crippen molar-refractivity contribution >= 4 is 23.4 Å². The van der Waals surface area contributed by atoms with Gasteiger partial charge < -0.3 is 9.55 Å². The third-order valence-electron chi connectivity index (χ3n) is 5.04. The van der Waals surface area contributed by atoms with Gasteiger partial charge in [-0.1, -0.05) is 19.8 Å². The highest BCUT2D eigenvalue weighted by atomic mass is 32.1. The van der Waals surface area contributed by atoms with E-state index in [1.807, 2.05) is 0 Å². The van der Waals surface area contributed by atoms with Gasteiger partial charge in [0.25, 0.3) is 0 Å². The average molecular weight is 292 g/mol. The minimum atomic E-state index is 0.435. The molecule has 2 aromatic heterocycles. The van der Waals surface area contributed by atoms with Crippen molar-refractivity contribution in [2.45, 2.75) is 66.0 Å². The molecule has 2 aromatic rings. The number of imidazole rings is 1. The molecule has 1 aliphatic carbocycles. The third kappa shape index (κ3) is 2.03. The lowest BCUT2D eigenvalue weighted by molar-refractivity contribution is 0.238. The van der Waals surface area contributed by atoms with Crippen LogP contribution in [-0.2, 0) is 13.1 Å². The number of aromatic amines is 1. The van der Waals surface area contributed by atoms with E-state index < -0.39 is 0 Å². The molecule has 20 heavy (non-hydrogen) atoms. The van der Waals surface area contributed by atoms with Gasteiger partial charge >= 0.3 is 0 Å². The van der Waals surface area contributed by atoms with E-state index in [0.717, 1.165) is 29.1 Å². The first-order chi connectivity index (χ1) is 9.60. The van der Waals surface area contributed by atoms with Crippen LogP contribution in [0, 0.1) is 17.1 Å². The molecule has 1 saturated carbocycles. The molecule has 1 N–H and O–H groups in total. The minimum absolute atomic E-state index is 0.435. The molecule has 1 aliphatic rings. The van der Waals surface area contributed by atoms with Crippen molar-refractivity contribution in [3.8, 4) is 0 Å². The monoisotopic (exact) mass is 292 g/mol. The number of H-pyrrole nitrogens is 1. The van der Waals surface area contributed by atoms with Crippen molar-refractivity contribution in [1.82, 2.24) is 19.3 Å². The first-order valence-electron chi connectivity index (χ1n) is 7.76. The molecule has 1 fully saturated rings. The number of rotatable bonds is 4. The normalized spacial score (nSPS) is 18.1. The fraction of sp³-hybridized carbons (Fsp3) is 0.733. The lowest BCUT2D eigenvalue weighted by Crippen LogP contribution is -2.23. The van der Waals surface area contributed by atoms with E-state index in [2.05, 4.69) is 40.1 Å². The minimum Gasteiger partial charge on any atom is -0.328 e. The number of hydrogen-bond donors (Lipinski definition) is 1. The Bertz CT molecular complexity index is 670. The molecular formula is C15H24N4S. The second-order valence-electron chi connectivity index (χ2n) is 6.18. The van der Waals surface area contributed by atoms with E-state index in [-0.39, 0.29) is 0 Å². The highest BCUT2D eigenvalue weighted by Crippen LogP contribution is 2.43.